The van der Waals surface area contributed by atoms with Crippen molar-refractivity contribution in [3.63, 3.8) is 0 Å². The van der Waals surface area contributed by atoms with Crippen LogP contribution in [0.15, 0.2) is 18.2 Å². The average Bonchev–Trinajstić information content (AvgIpc) is 2.67. The summed E-state index contributed by atoms with van der Waals surface area (Å²) < 4.78 is 28.3. The van der Waals surface area contributed by atoms with Crippen molar-refractivity contribution in [2.45, 2.75) is 19.0 Å². The van der Waals surface area contributed by atoms with Gasteiger partial charge in [0.1, 0.15) is 5.75 Å². The highest BCUT2D eigenvalue weighted by Crippen LogP contribution is 2.32. The molecule has 1 aromatic carbocycles. The first-order chi connectivity index (χ1) is 8.08. The molecule has 0 saturated carbocycles. The lowest BCUT2D eigenvalue weighted by atomic mass is 9.98. The molecule has 1 N–H and O–H groups in total. The van der Waals surface area contributed by atoms with E-state index in [2.05, 4.69) is 10.1 Å². The van der Waals surface area contributed by atoms with Gasteiger partial charge in [-0.05, 0) is 24.1 Å². The summed E-state index contributed by atoms with van der Waals surface area (Å²) in [4.78, 5) is 11.4. The number of ether oxygens (including phenoxy) is 1. The first kappa shape index (κ1) is 12.1. The summed E-state index contributed by atoms with van der Waals surface area (Å²) in [6.07, 6.45) is 0.685. The second kappa shape index (κ2) is 4.87. The average molecular weight is 262 g/mol. The zero-order valence-corrected chi connectivity index (χ0v) is 9.51. The van der Waals surface area contributed by atoms with Crippen molar-refractivity contribution >= 4 is 17.5 Å². The van der Waals surface area contributed by atoms with Gasteiger partial charge in [-0.3, -0.25) is 4.79 Å². The van der Waals surface area contributed by atoms with Crippen LogP contribution in [0.2, 0.25) is 5.02 Å². The molecule has 6 heteroatoms. The Hall–Kier alpha value is -1.36. The molecule has 1 fully saturated rings. The van der Waals surface area contributed by atoms with Crippen LogP contribution in [0.1, 0.15) is 17.9 Å². The Bertz CT molecular complexity index is 439. The molecule has 0 aliphatic carbocycles. The minimum Gasteiger partial charge on any atom is -0.433 e. The largest absolute Gasteiger partial charge is 0.433 e. The second-order valence-corrected chi connectivity index (χ2v) is 4.11. The van der Waals surface area contributed by atoms with Crippen molar-refractivity contribution in [1.82, 2.24) is 5.32 Å². The maximum Gasteiger partial charge on any atom is 0.387 e. The Morgan fingerprint density at radius 3 is 2.76 bits per heavy atom. The summed E-state index contributed by atoms with van der Waals surface area (Å²) in [6.45, 7) is -2.29. The van der Waals surface area contributed by atoms with Crippen LogP contribution in [0.3, 0.4) is 0 Å². The Kier molecular flexibility index (Phi) is 3.47. The van der Waals surface area contributed by atoms with Crippen LogP contribution < -0.4 is 10.1 Å². The number of amides is 1. The van der Waals surface area contributed by atoms with E-state index in [0.717, 1.165) is 0 Å². The predicted octanol–water partition coefficient (Wildman–Crippen LogP) is 2.54. The van der Waals surface area contributed by atoms with E-state index in [0.29, 0.717) is 18.5 Å². The van der Waals surface area contributed by atoms with Crippen molar-refractivity contribution in [1.29, 1.82) is 0 Å². The van der Waals surface area contributed by atoms with E-state index < -0.39 is 6.61 Å². The molecule has 92 valence electrons. The third-order valence-electron chi connectivity index (χ3n) is 2.62. The number of benzene rings is 1. The third kappa shape index (κ3) is 2.66. The summed E-state index contributed by atoms with van der Waals surface area (Å²) in [5.74, 6) is -0.402. The minimum atomic E-state index is -2.91. The van der Waals surface area contributed by atoms with E-state index in [1.54, 1.807) is 6.07 Å². The van der Waals surface area contributed by atoms with Gasteiger partial charge in [-0.2, -0.15) is 8.78 Å². The van der Waals surface area contributed by atoms with Crippen LogP contribution >= 0.6 is 11.6 Å². The molecule has 0 bridgehead atoms. The van der Waals surface area contributed by atoms with Gasteiger partial charge in [0.2, 0.25) is 5.91 Å². The van der Waals surface area contributed by atoms with E-state index in [1.165, 1.54) is 12.1 Å². The molecule has 0 aromatic heterocycles. The minimum absolute atomic E-state index is 0.0661. The normalized spacial score (nSPS) is 19.5. The Morgan fingerprint density at radius 1 is 1.47 bits per heavy atom. The van der Waals surface area contributed by atoms with Crippen LogP contribution in [-0.4, -0.2) is 19.1 Å². The smallest absolute Gasteiger partial charge is 0.387 e. The highest BCUT2D eigenvalue weighted by molar-refractivity contribution is 6.32. The van der Waals surface area contributed by atoms with E-state index in [-0.39, 0.29) is 22.6 Å². The Balaban J connectivity index is 2.21. The van der Waals surface area contributed by atoms with Crippen molar-refractivity contribution in [2.75, 3.05) is 6.54 Å². The van der Waals surface area contributed by atoms with Crippen LogP contribution in [0.25, 0.3) is 0 Å². The van der Waals surface area contributed by atoms with Gasteiger partial charge in [0.05, 0.1) is 10.9 Å². The fourth-order valence-corrected chi connectivity index (χ4v) is 2.07. The number of hydrogen-bond donors (Lipinski definition) is 1. The van der Waals surface area contributed by atoms with Crippen LogP contribution in [0, 0.1) is 0 Å². The molecular weight excluding hydrogens is 252 g/mol. The maximum absolute atomic E-state index is 12.0. The van der Waals surface area contributed by atoms with Gasteiger partial charge >= 0.3 is 6.61 Å². The number of hydrogen-bond acceptors (Lipinski definition) is 2. The van der Waals surface area contributed by atoms with Crippen molar-refractivity contribution < 1.29 is 18.3 Å². The van der Waals surface area contributed by atoms with Crippen LogP contribution in [0.5, 0.6) is 5.75 Å². The molecule has 0 spiro atoms. The standard InChI is InChI=1S/C11H10ClF2NO2/c12-8-5-6(7-3-4-15-10(7)16)1-2-9(8)17-11(13)14/h1-2,5,7,11H,3-4H2,(H,15,16). The second-order valence-electron chi connectivity index (χ2n) is 3.70. The number of alkyl halides is 2. The summed E-state index contributed by atoms with van der Waals surface area (Å²) in [5.41, 5.74) is 0.714. The quantitative estimate of drug-likeness (QED) is 0.908. The maximum atomic E-state index is 12.0. The SMILES string of the molecule is O=C1NCCC1c1ccc(OC(F)F)c(Cl)c1. The Morgan fingerprint density at radius 2 is 2.24 bits per heavy atom. The summed E-state index contributed by atoms with van der Waals surface area (Å²) in [6, 6.07) is 4.43. The molecule has 17 heavy (non-hydrogen) atoms. The van der Waals surface area contributed by atoms with Crippen molar-refractivity contribution in [3.05, 3.63) is 28.8 Å². The topological polar surface area (TPSA) is 38.3 Å². The van der Waals surface area contributed by atoms with E-state index >= 15 is 0 Å². The van der Waals surface area contributed by atoms with Gasteiger partial charge in [-0.15, -0.1) is 0 Å². The molecule has 1 saturated heterocycles. The molecule has 1 atom stereocenters. The molecule has 1 aliphatic rings. The highest BCUT2D eigenvalue weighted by Gasteiger charge is 2.26. The third-order valence-corrected chi connectivity index (χ3v) is 2.92. The van der Waals surface area contributed by atoms with Gasteiger partial charge in [-0.1, -0.05) is 17.7 Å². The number of halogens is 3. The lowest BCUT2D eigenvalue weighted by Crippen LogP contribution is -2.17. The lowest BCUT2D eigenvalue weighted by Gasteiger charge is -2.11. The first-order valence-electron chi connectivity index (χ1n) is 5.10. The monoisotopic (exact) mass is 261 g/mol. The predicted molar refractivity (Wildman–Crippen MR) is 58.5 cm³/mol. The molecule has 2 rings (SSSR count). The van der Waals surface area contributed by atoms with Gasteiger partial charge in [0, 0.05) is 6.54 Å². The van der Waals surface area contributed by atoms with Crippen LogP contribution in [-0.2, 0) is 4.79 Å². The molecule has 1 unspecified atom stereocenters. The lowest BCUT2D eigenvalue weighted by molar-refractivity contribution is -0.120. The van der Waals surface area contributed by atoms with Crippen molar-refractivity contribution in [2.24, 2.45) is 0 Å². The first-order valence-corrected chi connectivity index (χ1v) is 5.47. The fraction of sp³-hybridized carbons (Fsp3) is 0.364. The Labute approximate surface area is 102 Å². The summed E-state index contributed by atoms with van der Waals surface area (Å²) in [7, 11) is 0. The van der Waals surface area contributed by atoms with Crippen LogP contribution in [0.4, 0.5) is 8.78 Å². The van der Waals surface area contributed by atoms with Gasteiger partial charge in [0.25, 0.3) is 0 Å². The fourth-order valence-electron chi connectivity index (χ4n) is 1.84. The molecule has 1 heterocycles. The van der Waals surface area contributed by atoms with Crippen molar-refractivity contribution in [3.8, 4) is 5.75 Å². The molecule has 1 amide bonds. The van der Waals surface area contributed by atoms with E-state index in [9.17, 15) is 13.6 Å². The van der Waals surface area contributed by atoms with E-state index in [4.69, 9.17) is 11.6 Å². The van der Waals surface area contributed by atoms with E-state index in [1.807, 2.05) is 0 Å². The molecular formula is C11H10ClF2NO2. The number of nitrogens with one attached hydrogen (secondary N) is 1. The van der Waals surface area contributed by atoms with Gasteiger partial charge in [0.15, 0.2) is 0 Å². The highest BCUT2D eigenvalue weighted by atomic mass is 35.5. The molecule has 1 aromatic rings. The van der Waals surface area contributed by atoms with Gasteiger partial charge in [-0.25, -0.2) is 0 Å². The zero-order valence-electron chi connectivity index (χ0n) is 8.75. The summed E-state index contributed by atoms with van der Waals surface area (Å²) >= 11 is 5.81. The molecule has 0 radical (unpaired) electrons. The number of carbonyl (C=O) groups is 1. The van der Waals surface area contributed by atoms with Gasteiger partial charge < -0.3 is 10.1 Å². The zero-order chi connectivity index (χ0) is 12.4. The number of rotatable bonds is 3. The summed E-state index contributed by atoms with van der Waals surface area (Å²) in [5, 5.41) is 2.79. The molecule has 1 aliphatic heterocycles. The molecule has 3 nitrogen and oxygen atoms in total. The number of carbonyl (C=O) groups excluding carboxylic acids is 1.